The highest BCUT2D eigenvalue weighted by Crippen LogP contribution is 2.37. The lowest BCUT2D eigenvalue weighted by atomic mass is 10.1. The fraction of sp³-hybridized carbons (Fsp3) is 0.364. The fourth-order valence-electron chi connectivity index (χ4n) is 3.84. The van der Waals surface area contributed by atoms with Crippen molar-refractivity contribution in [2.45, 2.75) is 52.6 Å². The highest BCUT2D eigenvalue weighted by molar-refractivity contribution is 7.11. The molecule has 0 radical (unpaired) electrons. The van der Waals surface area contributed by atoms with E-state index in [4.69, 9.17) is 17.0 Å². The van der Waals surface area contributed by atoms with Gasteiger partial charge in [0.15, 0.2) is 0 Å². The van der Waals surface area contributed by atoms with Crippen LogP contribution in [0, 0.1) is 26.2 Å². The van der Waals surface area contributed by atoms with E-state index in [0.29, 0.717) is 17.0 Å². The van der Waals surface area contributed by atoms with Gasteiger partial charge in [-0.25, -0.2) is 9.97 Å². The molecule has 4 heterocycles. The van der Waals surface area contributed by atoms with E-state index in [1.807, 2.05) is 33.8 Å². The minimum Gasteiger partial charge on any atom is -0.492 e. The second kappa shape index (κ2) is 9.15. The molecule has 0 bridgehead atoms. The fourth-order valence-corrected chi connectivity index (χ4v) is 4.88. The largest absolute Gasteiger partial charge is 0.492 e. The number of carbonyl (C=O) groups is 1. The van der Waals surface area contributed by atoms with E-state index in [1.165, 1.54) is 0 Å². The number of hydrogen-bond acceptors (Lipinski definition) is 9. The molecule has 0 saturated carbocycles. The van der Waals surface area contributed by atoms with Crippen LogP contribution in [0.25, 0.3) is 0 Å². The van der Waals surface area contributed by atoms with Gasteiger partial charge in [-0.15, -0.1) is 0 Å². The number of aryl methyl sites for hydroxylation is 3. The van der Waals surface area contributed by atoms with Crippen molar-refractivity contribution in [3.63, 3.8) is 0 Å². The Balaban J connectivity index is 1.67. The zero-order valence-corrected chi connectivity index (χ0v) is 21.0. The van der Waals surface area contributed by atoms with Gasteiger partial charge in [0.2, 0.25) is 11.8 Å². The van der Waals surface area contributed by atoms with Gasteiger partial charge in [0.1, 0.15) is 27.6 Å². The molecule has 0 aromatic carbocycles. The molecule has 10 nitrogen and oxygen atoms in total. The molecule has 12 heteroatoms. The number of amidine groups is 1. The summed E-state index contributed by atoms with van der Waals surface area (Å²) in [6.45, 7) is 9.32. The lowest BCUT2D eigenvalue weighted by Gasteiger charge is -2.22. The number of nitrogens with zero attached hydrogens (tertiary/aromatic N) is 5. The first-order valence-corrected chi connectivity index (χ1v) is 11.9. The average Bonchev–Trinajstić information content (AvgIpc) is 3.27. The normalized spacial score (nSPS) is 14.9. The van der Waals surface area contributed by atoms with Gasteiger partial charge < -0.3 is 15.7 Å². The van der Waals surface area contributed by atoms with Crippen LogP contribution in [0.4, 0.5) is 16.6 Å². The second-order valence-electron chi connectivity index (χ2n) is 8.40. The number of rotatable bonds is 5. The Morgan fingerprint density at radius 3 is 2.76 bits per heavy atom. The number of nitrogens with one attached hydrogen (secondary N) is 3. The maximum Gasteiger partial charge on any atom is 0.278 e. The van der Waals surface area contributed by atoms with Gasteiger partial charge in [0, 0.05) is 35.6 Å². The highest BCUT2D eigenvalue weighted by atomic mass is 35.5. The van der Waals surface area contributed by atoms with Crippen LogP contribution in [-0.4, -0.2) is 47.7 Å². The number of hydrogen-bond donors (Lipinski definition) is 4. The van der Waals surface area contributed by atoms with Gasteiger partial charge in [-0.3, -0.25) is 20.1 Å². The molecule has 4 rings (SSSR count). The molecule has 1 aliphatic rings. The second-order valence-corrected chi connectivity index (χ2v) is 9.67. The molecule has 0 saturated heterocycles. The maximum atomic E-state index is 13.6. The maximum absolute atomic E-state index is 13.6. The SMILES string of the molecule is Cc1cc2c(c(C)n1)CC(Cl)N2C(=O)c1nc(Nc2snc(O)c2C(=N)NC(C)C)ncc1C. The summed E-state index contributed by atoms with van der Waals surface area (Å²) >= 11 is 7.56. The molecule has 3 aromatic rings. The first-order chi connectivity index (χ1) is 16.1. The number of halogens is 1. The van der Waals surface area contributed by atoms with Gasteiger partial charge in [0.25, 0.3) is 5.91 Å². The van der Waals surface area contributed by atoms with E-state index in [2.05, 4.69) is 30.0 Å². The molecule has 0 aliphatic carbocycles. The number of fused-ring (bicyclic) bond motifs is 1. The molecular weight excluding hydrogens is 476 g/mol. The summed E-state index contributed by atoms with van der Waals surface area (Å²) < 4.78 is 3.93. The van der Waals surface area contributed by atoms with Crippen molar-refractivity contribution in [1.82, 2.24) is 24.6 Å². The summed E-state index contributed by atoms with van der Waals surface area (Å²) in [6.07, 6.45) is 2.05. The third kappa shape index (κ3) is 4.40. The number of aromatic hydroxyl groups is 1. The summed E-state index contributed by atoms with van der Waals surface area (Å²) in [6, 6.07) is 1.85. The lowest BCUT2D eigenvalue weighted by molar-refractivity contribution is 0.0981. The van der Waals surface area contributed by atoms with Crippen LogP contribution < -0.4 is 15.5 Å². The molecule has 0 spiro atoms. The molecule has 3 aromatic heterocycles. The number of aromatic nitrogens is 4. The summed E-state index contributed by atoms with van der Waals surface area (Å²) in [7, 11) is 0. The zero-order valence-electron chi connectivity index (χ0n) is 19.4. The number of carbonyl (C=O) groups excluding carboxylic acids is 1. The van der Waals surface area contributed by atoms with Gasteiger partial charge in [-0.05, 0) is 57.8 Å². The van der Waals surface area contributed by atoms with Crippen LogP contribution in [0.1, 0.15) is 52.4 Å². The molecule has 0 fully saturated rings. The molecule has 1 unspecified atom stereocenters. The van der Waals surface area contributed by atoms with Crippen LogP contribution >= 0.6 is 23.1 Å². The standard InChI is InChI=1S/C22H25ClN8O2S/c1-9(2)26-18(24)16-19(32)30-34-20(16)29-22-25-8-10(3)17(28-22)21(33)31-14-6-11(4)27-12(5)13(14)7-15(31)23/h6,8-9,15H,7H2,1-5H3,(H2,24,26)(H,30,32)(H,25,28,29). The van der Waals surface area contributed by atoms with Crippen molar-refractivity contribution in [3.8, 4) is 5.88 Å². The van der Waals surface area contributed by atoms with Crippen molar-refractivity contribution in [2.24, 2.45) is 0 Å². The number of amides is 1. The number of alkyl halides is 1. The van der Waals surface area contributed by atoms with Gasteiger partial charge in [0.05, 0.1) is 5.69 Å². The molecular formula is C22H25ClN8O2S. The Hall–Kier alpha value is -3.31. The minimum atomic E-state index is -0.553. The molecule has 1 atom stereocenters. The molecule has 1 amide bonds. The Morgan fingerprint density at radius 2 is 2.06 bits per heavy atom. The van der Waals surface area contributed by atoms with Gasteiger partial charge in [-0.1, -0.05) is 11.6 Å². The highest BCUT2D eigenvalue weighted by Gasteiger charge is 2.36. The van der Waals surface area contributed by atoms with Gasteiger partial charge in [-0.2, -0.15) is 4.37 Å². The predicted octanol–water partition coefficient (Wildman–Crippen LogP) is 3.79. The number of pyridine rings is 1. The van der Waals surface area contributed by atoms with Crippen LogP contribution in [0.3, 0.4) is 0 Å². The summed E-state index contributed by atoms with van der Waals surface area (Å²) in [5, 5.41) is 24.7. The first kappa shape index (κ1) is 23.8. The Morgan fingerprint density at radius 1 is 1.32 bits per heavy atom. The zero-order chi connectivity index (χ0) is 24.7. The smallest absolute Gasteiger partial charge is 0.278 e. The summed E-state index contributed by atoms with van der Waals surface area (Å²) in [5.74, 6) is -0.450. The van der Waals surface area contributed by atoms with Crippen molar-refractivity contribution >= 4 is 51.5 Å². The summed E-state index contributed by atoms with van der Waals surface area (Å²) in [5.41, 5.74) is 3.80. The molecule has 4 N–H and O–H groups in total. The first-order valence-electron chi connectivity index (χ1n) is 10.7. The monoisotopic (exact) mass is 500 g/mol. The average molecular weight is 501 g/mol. The van der Waals surface area contributed by atoms with Gasteiger partial charge >= 0.3 is 0 Å². The quantitative estimate of drug-likeness (QED) is 0.179. The molecule has 34 heavy (non-hydrogen) atoms. The Kier molecular flexibility index (Phi) is 6.41. The molecule has 178 valence electrons. The predicted molar refractivity (Wildman–Crippen MR) is 133 cm³/mol. The van der Waals surface area contributed by atoms with Crippen LogP contribution in [0.15, 0.2) is 12.3 Å². The molecule has 1 aliphatic heterocycles. The third-order valence-corrected chi connectivity index (χ3v) is 6.43. The van der Waals surface area contributed by atoms with E-state index in [-0.39, 0.29) is 40.9 Å². The van der Waals surface area contributed by atoms with Crippen LogP contribution in [-0.2, 0) is 6.42 Å². The third-order valence-electron chi connectivity index (χ3n) is 5.32. The van der Waals surface area contributed by atoms with E-state index in [0.717, 1.165) is 34.2 Å². The van der Waals surface area contributed by atoms with Crippen molar-refractivity contribution in [3.05, 3.63) is 46.0 Å². The van der Waals surface area contributed by atoms with E-state index < -0.39 is 5.50 Å². The topological polar surface area (TPSA) is 140 Å². The van der Waals surface area contributed by atoms with Crippen molar-refractivity contribution in [2.75, 3.05) is 10.2 Å². The minimum absolute atomic E-state index is 0.00573. The summed E-state index contributed by atoms with van der Waals surface area (Å²) in [4.78, 5) is 28.3. The number of anilines is 3. The Bertz CT molecular complexity index is 1290. The van der Waals surface area contributed by atoms with Crippen molar-refractivity contribution in [1.29, 1.82) is 5.41 Å². The van der Waals surface area contributed by atoms with E-state index in [1.54, 1.807) is 18.0 Å². The van der Waals surface area contributed by atoms with Crippen LogP contribution in [0.5, 0.6) is 5.88 Å². The van der Waals surface area contributed by atoms with Crippen LogP contribution in [0.2, 0.25) is 0 Å². The van der Waals surface area contributed by atoms with Crippen molar-refractivity contribution < 1.29 is 9.90 Å². The lowest BCUT2D eigenvalue weighted by Crippen LogP contribution is -2.35. The van der Waals surface area contributed by atoms with E-state index in [9.17, 15) is 9.90 Å². The Labute approximate surface area is 206 Å². The van der Waals surface area contributed by atoms with E-state index >= 15 is 0 Å².